The van der Waals surface area contributed by atoms with Gasteiger partial charge in [-0.2, -0.15) is 0 Å². The van der Waals surface area contributed by atoms with Crippen molar-refractivity contribution in [2.75, 3.05) is 0 Å². The van der Waals surface area contributed by atoms with Gasteiger partial charge in [-0.3, -0.25) is 0 Å². The molecule has 0 radical (unpaired) electrons. The van der Waals surface area contributed by atoms with E-state index in [0.717, 1.165) is 51.7 Å². The zero-order chi connectivity index (χ0) is 17.7. The number of benzene rings is 2. The molecule has 4 aromatic rings. The molecule has 5 rings (SSSR count). The maximum Gasteiger partial charge on any atom is 0.198 e. The van der Waals surface area contributed by atoms with Gasteiger partial charge < -0.3 is 9.63 Å². The van der Waals surface area contributed by atoms with Crippen LogP contribution in [0.15, 0.2) is 53.1 Å². The highest BCUT2D eigenvalue weighted by molar-refractivity contribution is 7.18. The fourth-order valence-corrected chi connectivity index (χ4v) is 4.70. The van der Waals surface area contributed by atoms with Crippen molar-refractivity contribution in [3.8, 4) is 38.2 Å². The lowest BCUT2D eigenvalue weighted by Crippen LogP contribution is -2.01. The third kappa shape index (κ3) is 2.35. The van der Waals surface area contributed by atoms with E-state index in [0.29, 0.717) is 5.75 Å². The molecular formula is C21H16N2O2S. The molecule has 1 N–H and O–H groups in total. The van der Waals surface area contributed by atoms with Crippen LogP contribution in [-0.2, 0) is 12.8 Å². The summed E-state index contributed by atoms with van der Waals surface area (Å²) in [7, 11) is 0. The number of aryl methyl sites for hydroxylation is 2. The molecule has 0 amide bonds. The predicted octanol–water partition coefficient (Wildman–Crippen LogP) is 5.24. The minimum absolute atomic E-state index is 0.315. The van der Waals surface area contributed by atoms with Gasteiger partial charge in [-0.25, -0.2) is 4.98 Å². The summed E-state index contributed by atoms with van der Waals surface area (Å²) in [6.45, 7) is 2.03. The summed E-state index contributed by atoms with van der Waals surface area (Å²) in [5.41, 5.74) is 6.34. The van der Waals surface area contributed by atoms with Crippen molar-refractivity contribution in [2.24, 2.45) is 0 Å². The van der Waals surface area contributed by atoms with Crippen molar-refractivity contribution in [3.63, 3.8) is 0 Å². The van der Waals surface area contributed by atoms with E-state index in [4.69, 9.17) is 9.51 Å². The molecule has 2 aromatic heterocycles. The fourth-order valence-electron chi connectivity index (χ4n) is 3.49. The van der Waals surface area contributed by atoms with Crippen LogP contribution in [0.1, 0.15) is 16.8 Å². The summed E-state index contributed by atoms with van der Waals surface area (Å²) in [6, 6.07) is 15.6. The van der Waals surface area contributed by atoms with Gasteiger partial charge in [0.05, 0.1) is 10.6 Å². The van der Waals surface area contributed by atoms with Crippen LogP contribution in [0.3, 0.4) is 0 Å². The highest BCUT2D eigenvalue weighted by Gasteiger charge is 2.25. The molecule has 0 bridgehead atoms. The monoisotopic (exact) mass is 360 g/mol. The molecular weight excluding hydrogens is 344 g/mol. The average molecular weight is 360 g/mol. The Morgan fingerprint density at radius 3 is 2.77 bits per heavy atom. The van der Waals surface area contributed by atoms with Crippen LogP contribution in [0, 0.1) is 6.92 Å². The molecule has 2 aromatic carbocycles. The number of nitrogens with zero attached hydrogens (tertiary/aromatic N) is 2. The van der Waals surface area contributed by atoms with Gasteiger partial charge >= 0.3 is 0 Å². The lowest BCUT2D eigenvalue weighted by atomic mass is 9.94. The second-order valence-electron chi connectivity index (χ2n) is 6.49. The summed E-state index contributed by atoms with van der Waals surface area (Å²) in [5.74, 6) is 1.05. The Hall–Kier alpha value is -2.92. The minimum atomic E-state index is 0.315. The number of aromatic hydroxyl groups is 1. The molecule has 0 saturated heterocycles. The molecule has 1 aliphatic rings. The highest BCUT2D eigenvalue weighted by Crippen LogP contribution is 2.43. The molecule has 26 heavy (non-hydrogen) atoms. The predicted molar refractivity (Wildman–Crippen MR) is 102 cm³/mol. The zero-order valence-electron chi connectivity index (χ0n) is 14.2. The number of hydrogen-bond donors (Lipinski definition) is 1. The van der Waals surface area contributed by atoms with Crippen LogP contribution in [-0.4, -0.2) is 15.2 Å². The maximum absolute atomic E-state index is 9.73. The molecule has 0 aliphatic heterocycles. The van der Waals surface area contributed by atoms with Crippen LogP contribution in [0.2, 0.25) is 0 Å². The third-order valence-electron chi connectivity index (χ3n) is 4.83. The smallest absolute Gasteiger partial charge is 0.198 e. The van der Waals surface area contributed by atoms with Gasteiger partial charge in [0, 0.05) is 11.1 Å². The van der Waals surface area contributed by atoms with E-state index < -0.39 is 0 Å². The Kier molecular flexibility index (Phi) is 3.43. The van der Waals surface area contributed by atoms with Gasteiger partial charge in [-0.1, -0.05) is 35.5 Å². The quantitative estimate of drug-likeness (QED) is 0.531. The van der Waals surface area contributed by atoms with Gasteiger partial charge in [0.1, 0.15) is 11.4 Å². The summed E-state index contributed by atoms with van der Waals surface area (Å²) >= 11 is 1.63. The topological polar surface area (TPSA) is 59.2 Å². The van der Waals surface area contributed by atoms with Crippen molar-refractivity contribution < 1.29 is 9.63 Å². The molecule has 0 fully saturated rings. The molecule has 0 saturated carbocycles. The van der Waals surface area contributed by atoms with E-state index in [1.165, 1.54) is 10.4 Å². The van der Waals surface area contributed by atoms with Gasteiger partial charge in [0.15, 0.2) is 10.8 Å². The molecule has 1 aliphatic carbocycles. The lowest BCUT2D eigenvalue weighted by Gasteiger charge is -2.14. The first-order chi connectivity index (χ1) is 12.7. The van der Waals surface area contributed by atoms with E-state index >= 15 is 0 Å². The van der Waals surface area contributed by atoms with Crippen LogP contribution in [0.25, 0.3) is 32.5 Å². The number of phenolic OH excluding ortho intramolecular Hbond substituents is 1. The third-order valence-corrected chi connectivity index (χ3v) is 5.96. The Morgan fingerprint density at radius 2 is 1.92 bits per heavy atom. The van der Waals surface area contributed by atoms with E-state index in [9.17, 15) is 5.11 Å². The second-order valence-corrected chi connectivity index (χ2v) is 7.49. The summed E-state index contributed by atoms with van der Waals surface area (Å²) in [5, 5.41) is 14.9. The first-order valence-electron chi connectivity index (χ1n) is 8.55. The SMILES string of the molecule is Cc1c(-c2ccccc2)noc1-c1nc2c(s1)-c1ccc(O)cc1CC2. The number of fused-ring (bicyclic) bond motifs is 3. The van der Waals surface area contributed by atoms with E-state index in [-0.39, 0.29) is 0 Å². The van der Waals surface area contributed by atoms with E-state index in [2.05, 4.69) is 5.16 Å². The van der Waals surface area contributed by atoms with Crippen LogP contribution >= 0.6 is 11.3 Å². The first-order valence-corrected chi connectivity index (χ1v) is 9.36. The molecule has 0 spiro atoms. The fraction of sp³-hybridized carbons (Fsp3) is 0.143. The average Bonchev–Trinajstić information content (AvgIpc) is 3.25. The molecule has 128 valence electrons. The zero-order valence-corrected chi connectivity index (χ0v) is 15.0. The Bertz CT molecular complexity index is 1110. The number of aromatic nitrogens is 2. The molecule has 5 heteroatoms. The van der Waals surface area contributed by atoms with Gasteiger partial charge in [0.2, 0.25) is 0 Å². The molecule has 0 unspecified atom stereocenters. The largest absolute Gasteiger partial charge is 0.508 e. The number of rotatable bonds is 2. The molecule has 4 nitrogen and oxygen atoms in total. The summed E-state index contributed by atoms with van der Waals surface area (Å²) in [4.78, 5) is 6.00. The number of hydrogen-bond acceptors (Lipinski definition) is 5. The van der Waals surface area contributed by atoms with Crippen molar-refractivity contribution in [1.29, 1.82) is 0 Å². The molecule has 2 heterocycles. The van der Waals surface area contributed by atoms with Gasteiger partial charge in [-0.05, 0) is 49.1 Å². The standard InChI is InChI=1S/C21H16N2O2S/c1-12-18(13-5-3-2-4-6-13)23-25-19(12)21-22-17-10-7-14-11-15(24)8-9-16(14)20(17)26-21/h2-6,8-9,11,24H,7,10H2,1H3. The summed E-state index contributed by atoms with van der Waals surface area (Å²) < 4.78 is 5.68. The number of phenols is 1. The molecule has 0 atom stereocenters. The lowest BCUT2D eigenvalue weighted by molar-refractivity contribution is 0.434. The van der Waals surface area contributed by atoms with E-state index in [1.54, 1.807) is 17.4 Å². The van der Waals surface area contributed by atoms with Crippen molar-refractivity contribution in [2.45, 2.75) is 19.8 Å². The Morgan fingerprint density at radius 1 is 1.08 bits per heavy atom. The Balaban J connectivity index is 1.60. The number of thiazole rings is 1. The van der Waals surface area contributed by atoms with Gasteiger partial charge in [-0.15, -0.1) is 11.3 Å². The van der Waals surface area contributed by atoms with Crippen molar-refractivity contribution in [1.82, 2.24) is 10.1 Å². The van der Waals surface area contributed by atoms with Crippen LogP contribution < -0.4 is 0 Å². The minimum Gasteiger partial charge on any atom is -0.508 e. The van der Waals surface area contributed by atoms with Gasteiger partial charge in [0.25, 0.3) is 0 Å². The van der Waals surface area contributed by atoms with Crippen LogP contribution in [0.5, 0.6) is 5.75 Å². The van der Waals surface area contributed by atoms with Crippen molar-refractivity contribution in [3.05, 3.63) is 65.4 Å². The van der Waals surface area contributed by atoms with E-state index in [1.807, 2.05) is 49.4 Å². The maximum atomic E-state index is 9.73. The second kappa shape index (κ2) is 5.81. The first kappa shape index (κ1) is 15.3. The van der Waals surface area contributed by atoms with Crippen molar-refractivity contribution >= 4 is 11.3 Å². The highest BCUT2D eigenvalue weighted by atomic mass is 32.1. The van der Waals surface area contributed by atoms with Crippen LogP contribution in [0.4, 0.5) is 0 Å². The Labute approximate surface area is 154 Å². The summed E-state index contributed by atoms with van der Waals surface area (Å²) in [6.07, 6.45) is 1.77. The normalized spacial score (nSPS) is 12.7.